The number of hydrogen-bond acceptors (Lipinski definition) is 3. The standard InChI is InChI=1S/C10H8Cl2N2OS/c1-5-2-8-7(3-6(5)12)13-10(16-8)14-9(15)4-11/h2-3H,4H2,1H3,(H,13,14,15). The number of nitrogens with one attached hydrogen (secondary N) is 1. The second-order valence-electron chi connectivity index (χ2n) is 3.27. The van der Waals surface area contributed by atoms with Gasteiger partial charge in [-0.25, -0.2) is 4.98 Å². The SMILES string of the molecule is Cc1cc2sc(NC(=O)CCl)nc2cc1Cl. The van der Waals surface area contributed by atoms with Gasteiger partial charge in [-0.05, 0) is 24.6 Å². The Hall–Kier alpha value is -0.840. The van der Waals surface area contributed by atoms with Gasteiger partial charge in [0.2, 0.25) is 5.91 Å². The van der Waals surface area contributed by atoms with Gasteiger partial charge < -0.3 is 5.32 Å². The van der Waals surface area contributed by atoms with Crippen molar-refractivity contribution in [3.8, 4) is 0 Å². The molecule has 16 heavy (non-hydrogen) atoms. The minimum Gasteiger partial charge on any atom is -0.301 e. The van der Waals surface area contributed by atoms with Gasteiger partial charge in [0, 0.05) is 5.02 Å². The third kappa shape index (κ3) is 2.29. The fourth-order valence-corrected chi connectivity index (χ4v) is 2.44. The third-order valence-electron chi connectivity index (χ3n) is 2.04. The number of alkyl halides is 1. The topological polar surface area (TPSA) is 42.0 Å². The van der Waals surface area contributed by atoms with Crippen molar-refractivity contribution in [1.82, 2.24) is 4.98 Å². The lowest BCUT2D eigenvalue weighted by atomic mass is 10.2. The van der Waals surface area contributed by atoms with Crippen LogP contribution in [-0.4, -0.2) is 16.8 Å². The number of amides is 1. The molecule has 0 bridgehead atoms. The van der Waals surface area contributed by atoms with Crippen LogP contribution in [0.4, 0.5) is 5.13 Å². The van der Waals surface area contributed by atoms with Crippen LogP contribution in [0.25, 0.3) is 10.2 Å². The van der Waals surface area contributed by atoms with Crippen LogP contribution in [0, 0.1) is 6.92 Å². The van der Waals surface area contributed by atoms with Crippen LogP contribution in [0.3, 0.4) is 0 Å². The van der Waals surface area contributed by atoms with Crippen molar-refractivity contribution in [3.05, 3.63) is 22.7 Å². The van der Waals surface area contributed by atoms with E-state index in [-0.39, 0.29) is 11.8 Å². The molecule has 1 amide bonds. The van der Waals surface area contributed by atoms with Crippen molar-refractivity contribution >= 4 is 55.8 Å². The maximum absolute atomic E-state index is 11.1. The van der Waals surface area contributed by atoms with Crippen molar-refractivity contribution in [1.29, 1.82) is 0 Å². The monoisotopic (exact) mass is 274 g/mol. The zero-order chi connectivity index (χ0) is 11.7. The fraction of sp³-hybridized carbons (Fsp3) is 0.200. The van der Waals surface area contributed by atoms with E-state index in [2.05, 4.69) is 10.3 Å². The number of aryl methyl sites for hydroxylation is 1. The highest BCUT2D eigenvalue weighted by molar-refractivity contribution is 7.22. The van der Waals surface area contributed by atoms with Crippen molar-refractivity contribution < 1.29 is 4.79 Å². The quantitative estimate of drug-likeness (QED) is 0.853. The first kappa shape index (κ1) is 11.6. The molecule has 0 saturated heterocycles. The highest BCUT2D eigenvalue weighted by Gasteiger charge is 2.08. The number of halogens is 2. The second-order valence-corrected chi connectivity index (χ2v) is 4.98. The van der Waals surface area contributed by atoms with Gasteiger partial charge in [0.25, 0.3) is 0 Å². The zero-order valence-corrected chi connectivity index (χ0v) is 10.7. The van der Waals surface area contributed by atoms with E-state index in [0.29, 0.717) is 10.2 Å². The van der Waals surface area contributed by atoms with Crippen LogP contribution in [0.5, 0.6) is 0 Å². The lowest BCUT2D eigenvalue weighted by molar-refractivity contribution is -0.113. The molecule has 1 aromatic heterocycles. The number of carbonyl (C=O) groups excluding carboxylic acids is 1. The van der Waals surface area contributed by atoms with Gasteiger partial charge in [0.05, 0.1) is 10.2 Å². The summed E-state index contributed by atoms with van der Waals surface area (Å²) in [6, 6.07) is 3.74. The molecular weight excluding hydrogens is 267 g/mol. The number of anilines is 1. The van der Waals surface area contributed by atoms with E-state index in [9.17, 15) is 4.79 Å². The molecule has 0 atom stereocenters. The Balaban J connectivity index is 2.40. The molecule has 3 nitrogen and oxygen atoms in total. The number of rotatable bonds is 2. The molecule has 1 aromatic carbocycles. The summed E-state index contributed by atoms with van der Waals surface area (Å²) in [6.45, 7) is 1.93. The van der Waals surface area contributed by atoms with Gasteiger partial charge >= 0.3 is 0 Å². The second kappa shape index (κ2) is 4.57. The molecule has 0 radical (unpaired) electrons. The summed E-state index contributed by atoms with van der Waals surface area (Å²) in [7, 11) is 0. The Morgan fingerprint density at radius 1 is 1.56 bits per heavy atom. The molecule has 0 aliphatic rings. The fourth-order valence-electron chi connectivity index (χ4n) is 1.26. The molecule has 0 aliphatic heterocycles. The molecule has 84 valence electrons. The van der Waals surface area contributed by atoms with E-state index >= 15 is 0 Å². The van der Waals surface area contributed by atoms with Crippen LogP contribution in [0.1, 0.15) is 5.56 Å². The van der Waals surface area contributed by atoms with Gasteiger partial charge in [-0.1, -0.05) is 22.9 Å². The van der Waals surface area contributed by atoms with Crippen molar-refractivity contribution in [3.63, 3.8) is 0 Å². The summed E-state index contributed by atoms with van der Waals surface area (Å²) < 4.78 is 0.992. The van der Waals surface area contributed by atoms with Crippen LogP contribution in [-0.2, 0) is 4.79 Å². The van der Waals surface area contributed by atoms with Crippen LogP contribution >= 0.6 is 34.5 Å². The molecule has 0 saturated carbocycles. The molecule has 1 N–H and O–H groups in total. The van der Waals surface area contributed by atoms with Crippen molar-refractivity contribution in [2.45, 2.75) is 6.92 Å². The molecule has 0 spiro atoms. The lowest BCUT2D eigenvalue weighted by Crippen LogP contribution is -2.11. The van der Waals surface area contributed by atoms with E-state index < -0.39 is 0 Å². The molecule has 2 aromatic rings. The van der Waals surface area contributed by atoms with Crippen LogP contribution in [0.2, 0.25) is 5.02 Å². The van der Waals surface area contributed by atoms with E-state index in [4.69, 9.17) is 23.2 Å². The average Bonchev–Trinajstić information content (AvgIpc) is 2.60. The van der Waals surface area contributed by atoms with E-state index in [1.54, 1.807) is 6.07 Å². The largest absolute Gasteiger partial charge is 0.301 e. The molecular formula is C10H8Cl2N2OS. The molecule has 2 rings (SSSR count). The minimum absolute atomic E-state index is 0.0737. The maximum atomic E-state index is 11.1. The molecule has 1 heterocycles. The summed E-state index contributed by atoms with van der Waals surface area (Å²) in [4.78, 5) is 15.3. The number of thiazole rings is 1. The van der Waals surface area contributed by atoms with Crippen LogP contribution < -0.4 is 5.32 Å². The highest BCUT2D eigenvalue weighted by atomic mass is 35.5. The van der Waals surface area contributed by atoms with Crippen molar-refractivity contribution in [2.75, 3.05) is 11.2 Å². The van der Waals surface area contributed by atoms with Gasteiger partial charge in [-0.15, -0.1) is 11.6 Å². The van der Waals surface area contributed by atoms with E-state index in [1.165, 1.54) is 11.3 Å². The first-order valence-electron chi connectivity index (χ1n) is 4.52. The Labute approximate surface area is 106 Å². The lowest BCUT2D eigenvalue weighted by Gasteiger charge is -1.94. The molecule has 0 aliphatic carbocycles. The van der Waals surface area contributed by atoms with E-state index in [1.807, 2.05) is 13.0 Å². The number of benzene rings is 1. The molecule has 6 heteroatoms. The normalized spacial score (nSPS) is 10.7. The average molecular weight is 275 g/mol. The summed E-state index contributed by atoms with van der Waals surface area (Å²) in [5.74, 6) is -0.334. The molecule has 0 unspecified atom stereocenters. The van der Waals surface area contributed by atoms with E-state index in [0.717, 1.165) is 15.8 Å². The first-order chi connectivity index (χ1) is 7.60. The highest BCUT2D eigenvalue weighted by Crippen LogP contribution is 2.30. The van der Waals surface area contributed by atoms with Crippen molar-refractivity contribution in [2.24, 2.45) is 0 Å². The Morgan fingerprint density at radius 3 is 3.00 bits per heavy atom. The third-order valence-corrected chi connectivity index (χ3v) is 3.62. The minimum atomic E-state index is -0.261. The van der Waals surface area contributed by atoms with Crippen LogP contribution in [0.15, 0.2) is 12.1 Å². The number of aromatic nitrogens is 1. The summed E-state index contributed by atoms with van der Waals surface area (Å²) >= 11 is 12.8. The number of hydrogen-bond donors (Lipinski definition) is 1. The number of carbonyl (C=O) groups is 1. The summed E-state index contributed by atoms with van der Waals surface area (Å²) in [5.41, 5.74) is 1.78. The Morgan fingerprint density at radius 2 is 2.31 bits per heavy atom. The number of fused-ring (bicyclic) bond motifs is 1. The van der Waals surface area contributed by atoms with Gasteiger partial charge in [-0.3, -0.25) is 4.79 Å². The van der Waals surface area contributed by atoms with Gasteiger partial charge in [0.15, 0.2) is 5.13 Å². The Bertz CT molecular complexity index is 514. The smallest absolute Gasteiger partial charge is 0.241 e. The molecule has 0 fully saturated rings. The number of nitrogens with zero attached hydrogens (tertiary/aromatic N) is 1. The first-order valence-corrected chi connectivity index (χ1v) is 6.25. The Kier molecular flexibility index (Phi) is 3.33. The van der Waals surface area contributed by atoms with Gasteiger partial charge in [0.1, 0.15) is 5.88 Å². The zero-order valence-electron chi connectivity index (χ0n) is 8.38. The van der Waals surface area contributed by atoms with Gasteiger partial charge in [-0.2, -0.15) is 0 Å². The maximum Gasteiger partial charge on any atom is 0.241 e. The predicted octanol–water partition coefficient (Wildman–Crippen LogP) is 3.44. The summed E-state index contributed by atoms with van der Waals surface area (Å²) in [6.07, 6.45) is 0. The predicted molar refractivity (Wildman–Crippen MR) is 68.7 cm³/mol. The summed E-state index contributed by atoms with van der Waals surface area (Å²) in [5, 5.41) is 3.83.